The van der Waals surface area contributed by atoms with Gasteiger partial charge in [-0.2, -0.15) is 0 Å². The van der Waals surface area contributed by atoms with Crippen LogP contribution in [0, 0.1) is 5.92 Å². The van der Waals surface area contributed by atoms with Crippen molar-refractivity contribution >= 4 is 55.2 Å². The highest BCUT2D eigenvalue weighted by molar-refractivity contribution is 9.10. The van der Waals surface area contributed by atoms with Crippen LogP contribution in [-0.2, 0) is 0 Å². The molecule has 2 heterocycles. The number of halogens is 2. The fourth-order valence-corrected chi connectivity index (χ4v) is 4.76. The number of H-pyrrole nitrogens is 1. The molecule has 5 nitrogen and oxygen atoms in total. The van der Waals surface area contributed by atoms with Crippen molar-refractivity contribution in [2.75, 3.05) is 13.1 Å². The van der Waals surface area contributed by atoms with E-state index in [2.05, 4.69) is 38.4 Å². The smallest absolute Gasteiger partial charge is 0.252 e. The fourth-order valence-electron chi connectivity index (χ4n) is 4.14. The van der Waals surface area contributed by atoms with Gasteiger partial charge in [0, 0.05) is 44.1 Å². The van der Waals surface area contributed by atoms with E-state index in [1.165, 1.54) is 0 Å². The normalized spacial score (nSPS) is 15.7. The predicted molar refractivity (Wildman–Crippen MR) is 138 cm³/mol. The zero-order chi connectivity index (χ0) is 22.9. The monoisotopic (exact) mass is 520 g/mol. The number of carbonyl (C=O) groups is 1. The van der Waals surface area contributed by atoms with E-state index in [1.807, 2.05) is 54.7 Å². The Morgan fingerprint density at radius 2 is 2.12 bits per heavy atom. The van der Waals surface area contributed by atoms with Crippen molar-refractivity contribution in [2.24, 2.45) is 11.7 Å². The molecule has 2 aromatic carbocycles. The summed E-state index contributed by atoms with van der Waals surface area (Å²) in [6, 6.07) is 13.3. The number of nitrogens with two attached hydrogens (primary N) is 1. The van der Waals surface area contributed by atoms with Crippen LogP contribution in [0.3, 0.4) is 0 Å². The third kappa shape index (κ3) is 4.34. The molecule has 0 bridgehead atoms. The molecule has 1 atom stereocenters. The van der Waals surface area contributed by atoms with Crippen LogP contribution < -0.4 is 11.1 Å². The van der Waals surface area contributed by atoms with E-state index in [1.54, 1.807) is 0 Å². The van der Waals surface area contributed by atoms with Gasteiger partial charge in [-0.05, 0) is 70.7 Å². The van der Waals surface area contributed by atoms with E-state index in [9.17, 15) is 4.79 Å². The number of rotatable bonds is 5. The lowest BCUT2D eigenvalue weighted by atomic mass is 9.97. The van der Waals surface area contributed by atoms with Crippen LogP contribution in [0.2, 0.25) is 5.02 Å². The zero-order valence-electron chi connectivity index (χ0n) is 17.7. The molecule has 4 N–H and O–H groups in total. The summed E-state index contributed by atoms with van der Waals surface area (Å²) >= 11 is 9.85. The summed E-state index contributed by atoms with van der Waals surface area (Å²) < 4.78 is 0.833. The number of benzene rings is 2. The molecule has 166 valence electrons. The summed E-state index contributed by atoms with van der Waals surface area (Å²) in [5.74, 6) is 0.230. The lowest BCUT2D eigenvalue weighted by Crippen LogP contribution is -2.26. The summed E-state index contributed by atoms with van der Waals surface area (Å²) in [6.45, 7) is 1.09. The molecule has 33 heavy (non-hydrogen) atoms. The average molecular weight is 522 g/mol. The highest BCUT2D eigenvalue weighted by Crippen LogP contribution is 2.34. The Bertz CT molecular complexity index is 1440. The average Bonchev–Trinajstić information content (AvgIpc) is 3.25. The van der Waals surface area contributed by atoms with Gasteiger partial charge in [-0.1, -0.05) is 42.0 Å². The molecule has 5 rings (SSSR count). The second kappa shape index (κ2) is 9.14. The van der Waals surface area contributed by atoms with Gasteiger partial charge in [0.05, 0.1) is 16.8 Å². The molecule has 0 saturated carbocycles. The number of pyridine rings is 1. The largest absolute Gasteiger partial charge is 0.360 e. The van der Waals surface area contributed by atoms with Gasteiger partial charge in [-0.3, -0.25) is 4.79 Å². The highest BCUT2D eigenvalue weighted by Gasteiger charge is 2.18. The summed E-state index contributed by atoms with van der Waals surface area (Å²) in [7, 11) is 0. The first-order valence-corrected chi connectivity index (χ1v) is 11.9. The van der Waals surface area contributed by atoms with Crippen LogP contribution in [-0.4, -0.2) is 29.0 Å². The van der Waals surface area contributed by atoms with Crippen molar-refractivity contribution in [2.45, 2.75) is 6.42 Å². The minimum absolute atomic E-state index is 0.144. The van der Waals surface area contributed by atoms with E-state index >= 15 is 0 Å². The lowest BCUT2D eigenvalue weighted by Gasteiger charge is -2.15. The molecule has 7 heteroatoms. The van der Waals surface area contributed by atoms with E-state index < -0.39 is 0 Å². The first-order chi connectivity index (χ1) is 16.0. The number of hydrogen-bond acceptors (Lipinski definition) is 3. The minimum Gasteiger partial charge on any atom is -0.360 e. The summed E-state index contributed by atoms with van der Waals surface area (Å²) in [6.07, 6.45) is 9.10. The van der Waals surface area contributed by atoms with E-state index in [4.69, 9.17) is 22.3 Å². The highest BCUT2D eigenvalue weighted by atomic mass is 79.9. The maximum Gasteiger partial charge on any atom is 0.252 e. The summed E-state index contributed by atoms with van der Waals surface area (Å²) in [5, 5.41) is 5.47. The molecular formula is C26H22BrClN4O. The number of aromatic nitrogens is 2. The third-order valence-electron chi connectivity index (χ3n) is 5.98. The Kier molecular flexibility index (Phi) is 6.06. The molecule has 0 saturated heterocycles. The van der Waals surface area contributed by atoms with Crippen LogP contribution in [0.1, 0.15) is 16.8 Å². The molecule has 0 spiro atoms. The maximum atomic E-state index is 13.3. The van der Waals surface area contributed by atoms with Gasteiger partial charge < -0.3 is 16.0 Å². The molecule has 0 fully saturated rings. The van der Waals surface area contributed by atoms with Gasteiger partial charge in [0.15, 0.2) is 0 Å². The number of allylic oxidation sites excluding steroid dienone is 1. The Labute approximate surface area is 204 Å². The van der Waals surface area contributed by atoms with Crippen molar-refractivity contribution < 1.29 is 4.79 Å². The third-order valence-corrected chi connectivity index (χ3v) is 6.85. The number of aromatic amines is 1. The van der Waals surface area contributed by atoms with Gasteiger partial charge in [-0.25, -0.2) is 4.98 Å². The molecule has 4 aromatic rings. The zero-order valence-corrected chi connectivity index (χ0v) is 20.1. The molecule has 0 aliphatic heterocycles. The first kappa shape index (κ1) is 21.9. The lowest BCUT2D eigenvalue weighted by molar-refractivity contribution is 0.0959. The number of hydrogen-bond donors (Lipinski definition) is 3. The second-order valence-corrected chi connectivity index (χ2v) is 9.43. The van der Waals surface area contributed by atoms with E-state index in [-0.39, 0.29) is 5.91 Å². The fraction of sp³-hybridized carbons (Fsp3) is 0.154. The van der Waals surface area contributed by atoms with Gasteiger partial charge in [0.1, 0.15) is 0 Å². The predicted octanol–water partition coefficient (Wildman–Crippen LogP) is 5.99. The van der Waals surface area contributed by atoms with Gasteiger partial charge in [0.25, 0.3) is 5.91 Å². The van der Waals surface area contributed by atoms with Gasteiger partial charge >= 0.3 is 0 Å². The maximum absolute atomic E-state index is 13.3. The van der Waals surface area contributed by atoms with Crippen LogP contribution in [0.4, 0.5) is 0 Å². The molecule has 0 radical (unpaired) electrons. The van der Waals surface area contributed by atoms with Gasteiger partial charge in [0.2, 0.25) is 0 Å². The van der Waals surface area contributed by atoms with Crippen molar-refractivity contribution in [3.05, 3.63) is 87.5 Å². The van der Waals surface area contributed by atoms with Crippen molar-refractivity contribution in [3.63, 3.8) is 0 Å². The van der Waals surface area contributed by atoms with E-state index in [0.717, 1.165) is 43.8 Å². The van der Waals surface area contributed by atoms with Crippen LogP contribution in [0.5, 0.6) is 0 Å². The molecule has 1 aliphatic rings. The quantitative estimate of drug-likeness (QED) is 0.302. The topological polar surface area (TPSA) is 83.8 Å². The Hall–Kier alpha value is -2.93. The number of fused-ring (bicyclic) bond motifs is 2. The number of amides is 1. The Balaban J connectivity index is 1.53. The second-order valence-electron chi connectivity index (χ2n) is 8.14. The molecule has 1 unspecified atom stereocenters. The molecule has 1 amide bonds. The molecule has 1 aliphatic carbocycles. The number of nitrogens with one attached hydrogen (secondary N) is 2. The summed E-state index contributed by atoms with van der Waals surface area (Å²) in [5.41, 5.74) is 10.7. The van der Waals surface area contributed by atoms with Crippen molar-refractivity contribution in [1.29, 1.82) is 0 Å². The SMILES string of the molecule is NCC1C=CC(CNC(=O)c2cc(-c3c[nH]c4ccc(Cl)cc34)nc3c(Br)cccc23)=CC1. The first-order valence-electron chi connectivity index (χ1n) is 10.8. The van der Waals surface area contributed by atoms with Crippen LogP contribution in [0.15, 0.2) is 76.9 Å². The number of carbonyl (C=O) groups excluding carboxylic acids is 1. The van der Waals surface area contributed by atoms with Gasteiger partial charge in [-0.15, -0.1) is 0 Å². The Morgan fingerprint density at radius 3 is 2.91 bits per heavy atom. The standard InChI is InChI=1S/C26H22BrClN4O/c27-22-3-1-2-18-20(26(33)31-13-16-6-4-15(12-29)5-7-16)11-24(32-25(18)22)21-14-30-23-9-8-17(28)10-19(21)23/h1-4,6-11,14-15,30H,5,12-13,29H2,(H,31,33). The van der Waals surface area contributed by atoms with Crippen molar-refractivity contribution in [3.8, 4) is 11.3 Å². The number of nitrogens with zero attached hydrogens (tertiary/aromatic N) is 1. The summed E-state index contributed by atoms with van der Waals surface area (Å²) in [4.78, 5) is 21.5. The molecule has 2 aromatic heterocycles. The number of para-hydroxylation sites is 1. The van der Waals surface area contributed by atoms with Crippen molar-refractivity contribution in [1.82, 2.24) is 15.3 Å². The van der Waals surface area contributed by atoms with Crippen LogP contribution in [0.25, 0.3) is 33.1 Å². The molecular weight excluding hydrogens is 500 g/mol. The van der Waals surface area contributed by atoms with Crippen LogP contribution >= 0.6 is 27.5 Å². The van der Waals surface area contributed by atoms with E-state index in [0.29, 0.717) is 35.3 Å². The Morgan fingerprint density at radius 1 is 1.24 bits per heavy atom. The minimum atomic E-state index is -0.144.